The average Bonchev–Trinajstić information content (AvgIpc) is 2.28. The molecule has 0 fully saturated rings. The Balaban J connectivity index is 2.03. The van der Waals surface area contributed by atoms with Gasteiger partial charge in [-0.3, -0.25) is 4.79 Å². The molecule has 2 aromatic rings. The van der Waals surface area contributed by atoms with Gasteiger partial charge in [-0.25, -0.2) is 8.78 Å². The summed E-state index contributed by atoms with van der Waals surface area (Å²) in [5.74, 6) is -1.37. The molecule has 0 N–H and O–H groups in total. The van der Waals surface area contributed by atoms with Crippen LogP contribution >= 0.6 is 0 Å². The van der Waals surface area contributed by atoms with Crippen LogP contribution < -0.4 is 0 Å². The molecule has 0 saturated carbocycles. The molecular weight excluding hydrogens is 234 g/mol. The van der Waals surface area contributed by atoms with E-state index in [9.17, 15) is 13.6 Å². The monoisotopic (exact) mass is 246 g/mol. The summed E-state index contributed by atoms with van der Waals surface area (Å²) in [6.45, 7) is 0. The van der Waals surface area contributed by atoms with Gasteiger partial charge in [0.1, 0.15) is 17.4 Å². The van der Waals surface area contributed by atoms with E-state index < -0.39 is 11.6 Å². The van der Waals surface area contributed by atoms with E-state index in [4.69, 9.17) is 0 Å². The van der Waals surface area contributed by atoms with Crippen LogP contribution in [0.4, 0.5) is 8.78 Å². The minimum Gasteiger partial charge on any atom is -0.299 e. The third-order valence-corrected chi connectivity index (χ3v) is 2.57. The summed E-state index contributed by atoms with van der Waals surface area (Å²) in [4.78, 5) is 11.8. The quantitative estimate of drug-likeness (QED) is 0.808. The molecular formula is C15H12F2O. The lowest BCUT2D eigenvalue weighted by atomic mass is 10.0. The molecule has 1 nitrogen and oxygen atoms in total. The maximum atomic E-state index is 13.0. The first kappa shape index (κ1) is 12.4. The van der Waals surface area contributed by atoms with Crippen LogP contribution in [0, 0.1) is 11.6 Å². The first-order chi connectivity index (χ1) is 8.63. The molecule has 0 radical (unpaired) electrons. The van der Waals surface area contributed by atoms with Crippen molar-refractivity contribution < 1.29 is 13.6 Å². The Labute approximate surface area is 104 Å². The second-order valence-electron chi connectivity index (χ2n) is 4.16. The molecule has 18 heavy (non-hydrogen) atoms. The summed E-state index contributed by atoms with van der Waals surface area (Å²) in [5, 5.41) is 0. The van der Waals surface area contributed by atoms with Gasteiger partial charge in [0.2, 0.25) is 0 Å². The van der Waals surface area contributed by atoms with Gasteiger partial charge in [-0.05, 0) is 23.3 Å². The van der Waals surface area contributed by atoms with Crippen molar-refractivity contribution >= 4 is 5.78 Å². The molecule has 0 aliphatic heterocycles. The predicted molar refractivity (Wildman–Crippen MR) is 65.2 cm³/mol. The molecule has 0 aliphatic carbocycles. The Morgan fingerprint density at radius 3 is 2.00 bits per heavy atom. The third kappa shape index (κ3) is 3.48. The van der Waals surface area contributed by atoms with Gasteiger partial charge >= 0.3 is 0 Å². The van der Waals surface area contributed by atoms with Crippen molar-refractivity contribution in [3.63, 3.8) is 0 Å². The number of halogens is 2. The SMILES string of the molecule is O=C(Cc1ccccc1)Cc1cc(F)cc(F)c1. The zero-order valence-corrected chi connectivity index (χ0v) is 9.70. The van der Waals surface area contributed by atoms with E-state index in [0.29, 0.717) is 5.56 Å². The van der Waals surface area contributed by atoms with Gasteiger partial charge in [-0.15, -0.1) is 0 Å². The minimum absolute atomic E-state index is 0.0452. The molecule has 0 atom stereocenters. The number of carbonyl (C=O) groups excluding carboxylic acids is 1. The molecule has 92 valence electrons. The first-order valence-electron chi connectivity index (χ1n) is 5.64. The maximum absolute atomic E-state index is 13.0. The number of hydrogen-bond donors (Lipinski definition) is 0. The summed E-state index contributed by atoms with van der Waals surface area (Å²) in [7, 11) is 0. The van der Waals surface area contributed by atoms with Crippen LogP contribution in [0.15, 0.2) is 48.5 Å². The Kier molecular flexibility index (Phi) is 3.82. The highest BCUT2D eigenvalue weighted by molar-refractivity contribution is 5.83. The highest BCUT2D eigenvalue weighted by Crippen LogP contribution is 2.10. The first-order valence-corrected chi connectivity index (χ1v) is 5.64. The van der Waals surface area contributed by atoms with Crippen molar-refractivity contribution in [2.75, 3.05) is 0 Å². The van der Waals surface area contributed by atoms with Crippen LogP contribution in [0.5, 0.6) is 0 Å². The van der Waals surface area contributed by atoms with E-state index in [1.807, 2.05) is 30.3 Å². The fraction of sp³-hybridized carbons (Fsp3) is 0.133. The molecule has 0 heterocycles. The van der Waals surface area contributed by atoms with Gasteiger partial charge in [0, 0.05) is 18.9 Å². The number of rotatable bonds is 4. The number of hydrogen-bond acceptors (Lipinski definition) is 1. The smallest absolute Gasteiger partial charge is 0.141 e. The van der Waals surface area contributed by atoms with Crippen molar-refractivity contribution in [1.82, 2.24) is 0 Å². The van der Waals surface area contributed by atoms with Crippen molar-refractivity contribution in [2.24, 2.45) is 0 Å². The van der Waals surface area contributed by atoms with Gasteiger partial charge in [-0.2, -0.15) is 0 Å². The van der Waals surface area contributed by atoms with E-state index in [1.165, 1.54) is 12.1 Å². The number of ketones is 1. The second kappa shape index (κ2) is 5.54. The molecule has 0 amide bonds. The molecule has 0 aromatic heterocycles. The Bertz CT molecular complexity index is 529. The van der Waals surface area contributed by atoms with Crippen molar-refractivity contribution in [3.8, 4) is 0 Å². The van der Waals surface area contributed by atoms with E-state index in [0.717, 1.165) is 11.6 Å². The molecule has 2 rings (SSSR count). The fourth-order valence-corrected chi connectivity index (χ4v) is 1.83. The van der Waals surface area contributed by atoms with Gasteiger partial charge in [-0.1, -0.05) is 30.3 Å². The highest BCUT2D eigenvalue weighted by atomic mass is 19.1. The van der Waals surface area contributed by atoms with E-state index in [1.54, 1.807) is 0 Å². The summed E-state index contributed by atoms with van der Waals surface area (Å²) >= 11 is 0. The van der Waals surface area contributed by atoms with Crippen molar-refractivity contribution in [2.45, 2.75) is 12.8 Å². The second-order valence-corrected chi connectivity index (χ2v) is 4.16. The van der Waals surface area contributed by atoms with Crippen LogP contribution in [0.3, 0.4) is 0 Å². The molecule has 0 saturated heterocycles. The molecule has 0 aliphatic rings. The summed E-state index contributed by atoms with van der Waals surface area (Å²) < 4.78 is 25.9. The highest BCUT2D eigenvalue weighted by Gasteiger charge is 2.07. The average molecular weight is 246 g/mol. The zero-order chi connectivity index (χ0) is 13.0. The third-order valence-electron chi connectivity index (χ3n) is 2.57. The summed E-state index contributed by atoms with van der Waals surface area (Å²) in [5.41, 5.74) is 1.27. The van der Waals surface area contributed by atoms with Crippen LogP contribution in [-0.2, 0) is 17.6 Å². The molecule has 0 spiro atoms. The maximum Gasteiger partial charge on any atom is 0.141 e. The minimum atomic E-state index is -0.655. The van der Waals surface area contributed by atoms with Gasteiger partial charge in [0.05, 0.1) is 0 Å². The van der Waals surface area contributed by atoms with Crippen LogP contribution in [0.2, 0.25) is 0 Å². The molecule has 2 aromatic carbocycles. The Morgan fingerprint density at radius 2 is 1.39 bits per heavy atom. The summed E-state index contributed by atoms with van der Waals surface area (Å²) in [6, 6.07) is 12.4. The van der Waals surface area contributed by atoms with Crippen LogP contribution in [-0.4, -0.2) is 5.78 Å². The van der Waals surface area contributed by atoms with Crippen LogP contribution in [0.25, 0.3) is 0 Å². The van der Waals surface area contributed by atoms with E-state index in [2.05, 4.69) is 0 Å². The van der Waals surface area contributed by atoms with E-state index in [-0.39, 0.29) is 18.6 Å². The number of carbonyl (C=O) groups is 1. The van der Waals surface area contributed by atoms with Gasteiger partial charge < -0.3 is 0 Å². The Morgan fingerprint density at radius 1 is 0.833 bits per heavy atom. The lowest BCUT2D eigenvalue weighted by Gasteiger charge is -2.02. The molecule has 0 bridgehead atoms. The normalized spacial score (nSPS) is 10.3. The van der Waals surface area contributed by atoms with E-state index >= 15 is 0 Å². The van der Waals surface area contributed by atoms with Crippen molar-refractivity contribution in [3.05, 3.63) is 71.3 Å². The number of benzene rings is 2. The molecule has 3 heteroatoms. The lowest BCUT2D eigenvalue weighted by molar-refractivity contribution is -0.117. The zero-order valence-electron chi connectivity index (χ0n) is 9.70. The van der Waals surface area contributed by atoms with Crippen LogP contribution in [0.1, 0.15) is 11.1 Å². The summed E-state index contributed by atoms with van der Waals surface area (Å²) in [6.07, 6.45) is 0.322. The topological polar surface area (TPSA) is 17.1 Å². The molecule has 0 unspecified atom stereocenters. The standard InChI is InChI=1S/C15H12F2O/c16-13-6-12(7-14(17)10-13)9-15(18)8-11-4-2-1-3-5-11/h1-7,10H,8-9H2. The largest absolute Gasteiger partial charge is 0.299 e. The van der Waals surface area contributed by atoms with Crippen molar-refractivity contribution in [1.29, 1.82) is 0 Å². The lowest BCUT2D eigenvalue weighted by Crippen LogP contribution is -2.07. The Hall–Kier alpha value is -2.03. The predicted octanol–water partition coefficient (Wildman–Crippen LogP) is 3.32. The fourth-order valence-electron chi connectivity index (χ4n) is 1.83. The van der Waals surface area contributed by atoms with Gasteiger partial charge in [0.15, 0.2) is 0 Å². The van der Waals surface area contributed by atoms with Gasteiger partial charge in [0.25, 0.3) is 0 Å². The number of Topliss-reactive ketones (excluding diaryl/α,β-unsaturated/α-hetero) is 1.